The number of nitrogens with zero attached hydrogens (tertiary/aromatic N) is 3. The van der Waals surface area contributed by atoms with Gasteiger partial charge in [0.1, 0.15) is 6.61 Å². The fourth-order valence-electron chi connectivity index (χ4n) is 2.75. The molecule has 2 aromatic carbocycles. The van der Waals surface area contributed by atoms with Crippen molar-refractivity contribution in [2.45, 2.75) is 33.3 Å². The van der Waals surface area contributed by atoms with Gasteiger partial charge in [-0.3, -0.25) is 4.79 Å². The zero-order valence-electron chi connectivity index (χ0n) is 16.8. The lowest BCUT2D eigenvalue weighted by molar-refractivity contribution is -0.121. The number of carbonyl (C=O) groups is 1. The van der Waals surface area contributed by atoms with E-state index in [0.29, 0.717) is 17.9 Å². The van der Waals surface area contributed by atoms with Gasteiger partial charge in [0, 0.05) is 6.42 Å². The Bertz CT molecular complexity index is 1030. The molecule has 150 valence electrons. The third-order valence-electron chi connectivity index (χ3n) is 4.27. The van der Waals surface area contributed by atoms with Gasteiger partial charge in [0.25, 0.3) is 0 Å². The summed E-state index contributed by atoms with van der Waals surface area (Å²) >= 11 is 0. The molecule has 29 heavy (non-hydrogen) atoms. The molecule has 7 nitrogen and oxygen atoms in total. The normalized spacial score (nSPS) is 11.0. The Balaban J connectivity index is 1.70. The molecule has 7 heteroatoms. The molecule has 0 bridgehead atoms. The van der Waals surface area contributed by atoms with Crippen molar-refractivity contribution < 1.29 is 14.3 Å². The maximum atomic E-state index is 11.5. The minimum atomic E-state index is -0.109. The Labute approximate surface area is 169 Å². The molecule has 0 saturated carbocycles. The molecule has 1 N–H and O–H groups in total. The van der Waals surface area contributed by atoms with Crippen LogP contribution in [0.15, 0.2) is 47.6 Å². The van der Waals surface area contributed by atoms with E-state index in [4.69, 9.17) is 9.47 Å². The number of rotatable bonds is 8. The number of methoxy groups -OCH3 is 1. The van der Waals surface area contributed by atoms with Crippen molar-refractivity contribution in [2.24, 2.45) is 5.10 Å². The first-order valence-electron chi connectivity index (χ1n) is 9.45. The highest BCUT2D eigenvalue weighted by atomic mass is 16.5. The third kappa shape index (κ3) is 5.28. The van der Waals surface area contributed by atoms with Gasteiger partial charge in [0.2, 0.25) is 5.91 Å². The number of aryl methyl sites for hydroxylation is 1. The van der Waals surface area contributed by atoms with Gasteiger partial charge in [-0.05, 0) is 49.2 Å². The maximum Gasteiger partial charge on any atom is 0.240 e. The minimum absolute atomic E-state index is 0.109. The SMILES string of the molecule is CCCC(=O)N/N=C/c1ccc(OCc2nc3ccccc3nc2C)c(OC)c1. The van der Waals surface area contributed by atoms with E-state index >= 15 is 0 Å². The highest BCUT2D eigenvalue weighted by molar-refractivity contribution is 5.83. The molecule has 0 saturated heterocycles. The number of hydrogen-bond donors (Lipinski definition) is 1. The van der Waals surface area contributed by atoms with E-state index in [2.05, 4.69) is 20.5 Å². The zero-order valence-corrected chi connectivity index (χ0v) is 16.8. The second kappa shape index (κ2) is 9.64. The van der Waals surface area contributed by atoms with E-state index in [1.165, 1.54) is 0 Å². The van der Waals surface area contributed by atoms with Gasteiger partial charge < -0.3 is 9.47 Å². The van der Waals surface area contributed by atoms with Gasteiger partial charge in [0.05, 0.1) is 35.7 Å². The van der Waals surface area contributed by atoms with Crippen molar-refractivity contribution >= 4 is 23.2 Å². The summed E-state index contributed by atoms with van der Waals surface area (Å²) in [7, 11) is 1.58. The number of nitrogens with one attached hydrogen (secondary N) is 1. The molecule has 1 amide bonds. The first-order valence-corrected chi connectivity index (χ1v) is 9.45. The van der Waals surface area contributed by atoms with E-state index < -0.39 is 0 Å². The van der Waals surface area contributed by atoms with Gasteiger partial charge in [-0.2, -0.15) is 5.10 Å². The summed E-state index contributed by atoms with van der Waals surface area (Å²) in [5.74, 6) is 1.05. The summed E-state index contributed by atoms with van der Waals surface area (Å²) in [6, 6.07) is 13.2. The third-order valence-corrected chi connectivity index (χ3v) is 4.27. The summed E-state index contributed by atoms with van der Waals surface area (Å²) in [6.07, 6.45) is 2.80. The Morgan fingerprint density at radius 1 is 1.14 bits per heavy atom. The minimum Gasteiger partial charge on any atom is -0.493 e. The number of ether oxygens (including phenoxy) is 2. The molecular formula is C22H24N4O3. The van der Waals surface area contributed by atoms with Crippen molar-refractivity contribution in [2.75, 3.05) is 7.11 Å². The molecule has 0 aliphatic heterocycles. The number of hydrogen-bond acceptors (Lipinski definition) is 6. The highest BCUT2D eigenvalue weighted by Crippen LogP contribution is 2.28. The fourth-order valence-corrected chi connectivity index (χ4v) is 2.75. The predicted molar refractivity (Wildman–Crippen MR) is 112 cm³/mol. The Hall–Kier alpha value is -3.48. The van der Waals surface area contributed by atoms with Crippen LogP contribution < -0.4 is 14.9 Å². The van der Waals surface area contributed by atoms with E-state index in [1.807, 2.05) is 44.2 Å². The standard InChI is InChI=1S/C22H24N4O3/c1-4-7-22(27)26-23-13-16-10-11-20(21(12-16)28-3)29-14-19-15(2)24-17-8-5-6-9-18(17)25-19/h5-6,8-13H,4,7,14H2,1-3H3,(H,26,27)/b23-13+. The van der Waals surface area contributed by atoms with Gasteiger partial charge in [0.15, 0.2) is 11.5 Å². The van der Waals surface area contributed by atoms with Crippen LogP contribution >= 0.6 is 0 Å². The fraction of sp³-hybridized carbons (Fsp3) is 0.273. The summed E-state index contributed by atoms with van der Waals surface area (Å²) < 4.78 is 11.4. The van der Waals surface area contributed by atoms with Crippen LogP contribution in [-0.4, -0.2) is 29.2 Å². The largest absolute Gasteiger partial charge is 0.493 e. The molecule has 0 atom stereocenters. The van der Waals surface area contributed by atoms with Crippen LogP contribution in [0.25, 0.3) is 11.0 Å². The summed E-state index contributed by atoms with van der Waals surface area (Å²) in [4.78, 5) is 20.7. The smallest absolute Gasteiger partial charge is 0.240 e. The first-order chi connectivity index (χ1) is 14.1. The van der Waals surface area contributed by atoms with Crippen molar-refractivity contribution in [1.29, 1.82) is 0 Å². The maximum absolute atomic E-state index is 11.5. The first kappa shape index (κ1) is 20.3. The number of benzene rings is 2. The van der Waals surface area contributed by atoms with Crippen molar-refractivity contribution in [3.05, 3.63) is 59.4 Å². The molecule has 0 spiro atoms. The highest BCUT2D eigenvalue weighted by Gasteiger charge is 2.09. The summed E-state index contributed by atoms with van der Waals surface area (Å²) in [5.41, 5.74) is 6.58. The number of para-hydroxylation sites is 2. The molecule has 0 radical (unpaired) electrons. The zero-order chi connectivity index (χ0) is 20.6. The number of amides is 1. The average Bonchev–Trinajstić information content (AvgIpc) is 2.72. The lowest BCUT2D eigenvalue weighted by Gasteiger charge is -2.12. The van der Waals surface area contributed by atoms with Crippen LogP contribution in [0.1, 0.15) is 36.7 Å². The lowest BCUT2D eigenvalue weighted by atomic mass is 10.2. The Morgan fingerprint density at radius 2 is 1.90 bits per heavy atom. The van der Waals surface area contributed by atoms with Gasteiger partial charge in [-0.15, -0.1) is 0 Å². The molecule has 3 aromatic rings. The number of fused-ring (bicyclic) bond motifs is 1. The number of carbonyl (C=O) groups excluding carboxylic acids is 1. The molecule has 0 aliphatic rings. The Morgan fingerprint density at radius 3 is 2.62 bits per heavy atom. The van der Waals surface area contributed by atoms with Crippen LogP contribution in [0.3, 0.4) is 0 Å². The van der Waals surface area contributed by atoms with Crippen LogP contribution in [0.5, 0.6) is 11.5 Å². The number of aromatic nitrogens is 2. The second-order valence-corrected chi connectivity index (χ2v) is 6.49. The van der Waals surface area contributed by atoms with Crippen LogP contribution in [-0.2, 0) is 11.4 Å². The van der Waals surface area contributed by atoms with Crippen LogP contribution in [0.4, 0.5) is 0 Å². The van der Waals surface area contributed by atoms with Crippen LogP contribution in [0, 0.1) is 6.92 Å². The molecule has 1 heterocycles. The molecule has 1 aromatic heterocycles. The summed E-state index contributed by atoms with van der Waals surface area (Å²) in [6.45, 7) is 4.14. The monoisotopic (exact) mass is 392 g/mol. The average molecular weight is 392 g/mol. The van der Waals surface area contributed by atoms with Gasteiger partial charge in [-0.1, -0.05) is 19.1 Å². The van der Waals surface area contributed by atoms with Gasteiger partial charge >= 0.3 is 0 Å². The topological polar surface area (TPSA) is 85.7 Å². The molecular weight excluding hydrogens is 368 g/mol. The molecule has 0 unspecified atom stereocenters. The number of hydrazone groups is 1. The van der Waals surface area contributed by atoms with E-state index in [1.54, 1.807) is 25.5 Å². The van der Waals surface area contributed by atoms with E-state index in [0.717, 1.165) is 34.4 Å². The van der Waals surface area contributed by atoms with Crippen LogP contribution in [0.2, 0.25) is 0 Å². The second-order valence-electron chi connectivity index (χ2n) is 6.49. The van der Waals surface area contributed by atoms with Crippen molar-refractivity contribution in [3.8, 4) is 11.5 Å². The molecule has 3 rings (SSSR count). The van der Waals surface area contributed by atoms with Crippen molar-refractivity contribution in [3.63, 3.8) is 0 Å². The van der Waals surface area contributed by atoms with E-state index in [-0.39, 0.29) is 12.5 Å². The quantitative estimate of drug-likeness (QED) is 0.466. The summed E-state index contributed by atoms with van der Waals surface area (Å²) in [5, 5.41) is 3.96. The predicted octanol–water partition coefficient (Wildman–Crippen LogP) is 3.78. The molecule has 0 fully saturated rings. The van der Waals surface area contributed by atoms with E-state index in [9.17, 15) is 4.79 Å². The van der Waals surface area contributed by atoms with Crippen molar-refractivity contribution in [1.82, 2.24) is 15.4 Å². The molecule has 0 aliphatic carbocycles. The Kier molecular flexibility index (Phi) is 6.73. The van der Waals surface area contributed by atoms with Gasteiger partial charge in [-0.25, -0.2) is 15.4 Å². The lowest BCUT2D eigenvalue weighted by Crippen LogP contribution is -2.16.